The van der Waals surface area contributed by atoms with E-state index in [9.17, 15) is 13.2 Å². The molecule has 0 spiro atoms. The number of aryl methyl sites for hydroxylation is 1. The Balaban J connectivity index is 1.57. The molecular formula is C23H28FN5O4S. The fraction of sp³-hybridized carbons (Fsp3) is 0.522. The first-order valence-corrected chi connectivity index (χ1v) is 13.3. The second-order valence-electron chi connectivity index (χ2n) is 8.89. The predicted molar refractivity (Wildman–Crippen MR) is 126 cm³/mol. The summed E-state index contributed by atoms with van der Waals surface area (Å²) in [4.78, 5) is 15.3. The first-order valence-electron chi connectivity index (χ1n) is 11.8. The van der Waals surface area contributed by atoms with Crippen LogP contribution >= 0.6 is 0 Å². The molecule has 1 aliphatic heterocycles. The Morgan fingerprint density at radius 3 is 2.59 bits per heavy atom. The van der Waals surface area contributed by atoms with Crippen molar-refractivity contribution in [2.75, 3.05) is 31.1 Å². The van der Waals surface area contributed by atoms with Gasteiger partial charge in [-0.25, -0.2) is 12.8 Å². The Morgan fingerprint density at radius 2 is 1.88 bits per heavy atom. The molecule has 0 atom stereocenters. The highest BCUT2D eigenvalue weighted by molar-refractivity contribution is 7.91. The Morgan fingerprint density at radius 1 is 1.15 bits per heavy atom. The molecule has 2 aliphatic rings. The van der Waals surface area contributed by atoms with Crippen molar-refractivity contribution in [2.45, 2.75) is 56.0 Å². The van der Waals surface area contributed by atoms with Crippen molar-refractivity contribution in [2.24, 2.45) is 0 Å². The average molecular weight is 490 g/mol. The number of piperazine rings is 1. The number of fused-ring (bicyclic) bond motifs is 1. The molecule has 182 valence electrons. The van der Waals surface area contributed by atoms with E-state index in [1.54, 1.807) is 12.3 Å². The van der Waals surface area contributed by atoms with Crippen LogP contribution in [0.5, 0.6) is 0 Å². The fourth-order valence-corrected chi connectivity index (χ4v) is 6.50. The molecule has 0 bridgehead atoms. The molecule has 2 fully saturated rings. The summed E-state index contributed by atoms with van der Waals surface area (Å²) in [6, 6.07) is 2.96. The minimum atomic E-state index is -3.76. The van der Waals surface area contributed by atoms with Crippen molar-refractivity contribution in [1.29, 1.82) is 0 Å². The summed E-state index contributed by atoms with van der Waals surface area (Å²) in [5.74, 6) is -0.646. The number of anilines is 1. The van der Waals surface area contributed by atoms with E-state index in [1.165, 1.54) is 6.07 Å². The summed E-state index contributed by atoms with van der Waals surface area (Å²) in [5, 5.41) is 10.1. The van der Waals surface area contributed by atoms with Gasteiger partial charge >= 0.3 is 5.22 Å². The van der Waals surface area contributed by atoms with Crippen LogP contribution in [0.15, 0.2) is 32.8 Å². The molecule has 5 rings (SSSR count). The highest BCUT2D eigenvalue weighted by atomic mass is 32.2. The lowest BCUT2D eigenvalue weighted by Gasteiger charge is -2.30. The molecule has 3 aromatic rings. The molecule has 1 aromatic carbocycles. The second kappa shape index (κ2) is 9.10. The molecule has 11 heteroatoms. The molecule has 2 aromatic heterocycles. The zero-order chi connectivity index (χ0) is 23.9. The number of hydrogen-bond donors (Lipinski definition) is 1. The van der Waals surface area contributed by atoms with Crippen molar-refractivity contribution in [3.8, 4) is 11.5 Å². The minimum absolute atomic E-state index is 0.0567. The lowest BCUT2D eigenvalue weighted by atomic mass is 10.0. The summed E-state index contributed by atoms with van der Waals surface area (Å²) in [5.41, 5.74) is 0.639. The van der Waals surface area contributed by atoms with Gasteiger partial charge in [-0.2, -0.15) is 0 Å². The maximum absolute atomic E-state index is 15.1. The maximum atomic E-state index is 15.1. The van der Waals surface area contributed by atoms with Crippen molar-refractivity contribution in [3.63, 3.8) is 0 Å². The van der Waals surface area contributed by atoms with Gasteiger partial charge in [-0.3, -0.25) is 4.79 Å². The van der Waals surface area contributed by atoms with Gasteiger partial charge in [0.25, 0.3) is 5.89 Å². The summed E-state index contributed by atoms with van der Waals surface area (Å²) in [6.07, 6.45) is 5.41. The normalized spacial score (nSPS) is 18.0. The molecule has 1 aliphatic carbocycles. The van der Waals surface area contributed by atoms with Crippen LogP contribution in [0.1, 0.15) is 39.0 Å². The van der Waals surface area contributed by atoms with Gasteiger partial charge in [0.2, 0.25) is 15.3 Å². The topological polar surface area (TPSA) is 110 Å². The van der Waals surface area contributed by atoms with Gasteiger partial charge in [-0.15, -0.1) is 5.10 Å². The zero-order valence-electron chi connectivity index (χ0n) is 19.1. The van der Waals surface area contributed by atoms with Gasteiger partial charge in [0, 0.05) is 44.3 Å². The van der Waals surface area contributed by atoms with Gasteiger partial charge < -0.3 is 19.2 Å². The Labute approximate surface area is 196 Å². The summed E-state index contributed by atoms with van der Waals surface area (Å²) < 4.78 is 48.3. The first kappa shape index (κ1) is 23.0. The molecule has 0 unspecified atom stereocenters. The lowest BCUT2D eigenvalue weighted by Crippen LogP contribution is -2.43. The van der Waals surface area contributed by atoms with Crippen LogP contribution in [0.2, 0.25) is 0 Å². The van der Waals surface area contributed by atoms with Gasteiger partial charge in [-0.05, 0) is 31.9 Å². The first-order chi connectivity index (χ1) is 16.4. The van der Waals surface area contributed by atoms with Crippen LogP contribution < -0.4 is 15.6 Å². The van der Waals surface area contributed by atoms with Gasteiger partial charge in [0.05, 0.1) is 16.5 Å². The predicted octanol–water partition coefficient (Wildman–Crippen LogP) is 2.73. The summed E-state index contributed by atoms with van der Waals surface area (Å²) >= 11 is 0. The minimum Gasteiger partial charge on any atom is -0.408 e. The smallest absolute Gasteiger partial charge is 0.336 e. The lowest BCUT2D eigenvalue weighted by molar-refractivity contribution is 0.421. The number of sulfone groups is 1. The Bertz CT molecular complexity index is 1370. The SMILES string of the molecule is CCn1cc(-c2nnc(S(=O)(=O)C3CCCCC3)o2)c(=O)c2cc(F)c(N3CCNCC3)cc21. The molecule has 0 radical (unpaired) electrons. The van der Waals surface area contributed by atoms with Gasteiger partial charge in [0.15, 0.2) is 0 Å². The van der Waals surface area contributed by atoms with Crippen LogP contribution in [0.25, 0.3) is 22.4 Å². The molecule has 1 N–H and O–H groups in total. The molecule has 9 nitrogen and oxygen atoms in total. The van der Waals surface area contributed by atoms with E-state index in [2.05, 4.69) is 15.5 Å². The van der Waals surface area contributed by atoms with Crippen LogP contribution in [-0.2, 0) is 16.4 Å². The Kier molecular flexibility index (Phi) is 6.15. The number of pyridine rings is 1. The number of hydrogen-bond acceptors (Lipinski definition) is 8. The Hall–Kier alpha value is -2.79. The molecule has 34 heavy (non-hydrogen) atoms. The fourth-order valence-electron chi connectivity index (χ4n) is 4.91. The highest BCUT2D eigenvalue weighted by Crippen LogP contribution is 2.30. The molecular weight excluding hydrogens is 461 g/mol. The van der Waals surface area contributed by atoms with E-state index >= 15 is 4.39 Å². The van der Waals surface area contributed by atoms with E-state index in [0.717, 1.165) is 32.4 Å². The number of nitrogens with one attached hydrogen (secondary N) is 1. The molecule has 1 saturated heterocycles. The molecule has 0 amide bonds. The number of benzene rings is 1. The van der Waals surface area contributed by atoms with Crippen molar-refractivity contribution < 1.29 is 17.2 Å². The second-order valence-corrected chi connectivity index (χ2v) is 11.0. The average Bonchev–Trinajstić information content (AvgIpc) is 3.36. The van der Waals surface area contributed by atoms with Crippen LogP contribution in [0, 0.1) is 5.82 Å². The molecule has 3 heterocycles. The quantitative estimate of drug-likeness (QED) is 0.583. The largest absolute Gasteiger partial charge is 0.408 e. The third-order valence-electron chi connectivity index (χ3n) is 6.82. The maximum Gasteiger partial charge on any atom is 0.336 e. The van der Waals surface area contributed by atoms with E-state index in [-0.39, 0.29) is 16.8 Å². The monoisotopic (exact) mass is 489 g/mol. The van der Waals surface area contributed by atoms with Gasteiger partial charge in [-0.1, -0.05) is 24.4 Å². The third kappa shape index (κ3) is 4.00. The van der Waals surface area contributed by atoms with Crippen LogP contribution in [0.4, 0.5) is 10.1 Å². The van der Waals surface area contributed by atoms with E-state index < -0.39 is 31.6 Å². The number of rotatable bonds is 5. The van der Waals surface area contributed by atoms with E-state index in [1.807, 2.05) is 16.4 Å². The number of halogens is 1. The standard InChI is InChI=1S/C23H28FN5O4S/c1-2-28-14-17(22-26-27-23(33-22)34(31,32)15-6-4-3-5-7-15)21(30)16-12-18(24)20(13-19(16)28)29-10-8-25-9-11-29/h12-15,25H,2-11H2,1H3. The van der Waals surface area contributed by atoms with Crippen molar-refractivity contribution >= 4 is 26.4 Å². The van der Waals surface area contributed by atoms with Crippen molar-refractivity contribution in [1.82, 2.24) is 20.1 Å². The molecule has 1 saturated carbocycles. The zero-order valence-corrected chi connectivity index (χ0v) is 19.9. The van der Waals surface area contributed by atoms with Crippen molar-refractivity contribution in [3.05, 3.63) is 34.4 Å². The third-order valence-corrected chi connectivity index (χ3v) is 8.82. The van der Waals surface area contributed by atoms with Crippen LogP contribution in [-0.4, -0.2) is 54.6 Å². The van der Waals surface area contributed by atoms with Crippen LogP contribution in [0.3, 0.4) is 0 Å². The highest BCUT2D eigenvalue weighted by Gasteiger charge is 2.34. The number of aromatic nitrogens is 3. The van der Waals surface area contributed by atoms with Gasteiger partial charge in [0.1, 0.15) is 11.4 Å². The van der Waals surface area contributed by atoms with E-state index in [0.29, 0.717) is 43.7 Å². The summed E-state index contributed by atoms with van der Waals surface area (Å²) in [7, 11) is -3.76. The van der Waals surface area contributed by atoms with E-state index in [4.69, 9.17) is 4.42 Å². The summed E-state index contributed by atoms with van der Waals surface area (Å²) in [6.45, 7) is 5.31. The number of nitrogens with zero attached hydrogens (tertiary/aromatic N) is 4.